The largest absolute Gasteiger partial charge is 0.481 e. The number of nitro benzene ring substituents is 1. The highest BCUT2D eigenvalue weighted by molar-refractivity contribution is 5.77. The Balaban J connectivity index is 2.80. The van der Waals surface area contributed by atoms with E-state index in [-0.39, 0.29) is 23.6 Å². The molecule has 0 atom stereocenters. The summed E-state index contributed by atoms with van der Waals surface area (Å²) in [6, 6.07) is 4.00. The number of nitro groups is 1. The van der Waals surface area contributed by atoms with E-state index in [1.807, 2.05) is 13.8 Å². The maximum Gasteiger partial charge on any atom is 0.311 e. The van der Waals surface area contributed by atoms with Gasteiger partial charge in [0.15, 0.2) is 12.0 Å². The number of carbonyl (C=O) groups is 1. The van der Waals surface area contributed by atoms with Gasteiger partial charge in [0.25, 0.3) is 0 Å². The van der Waals surface area contributed by atoms with Crippen molar-refractivity contribution in [3.8, 4) is 5.75 Å². The second kappa shape index (κ2) is 8.23. The molecule has 0 bridgehead atoms. The summed E-state index contributed by atoms with van der Waals surface area (Å²) in [6.07, 6.45) is -0.0460. The summed E-state index contributed by atoms with van der Waals surface area (Å²) >= 11 is 0. The summed E-state index contributed by atoms with van der Waals surface area (Å²) in [5, 5.41) is 10.9. The molecule has 0 spiro atoms. The first kappa shape index (κ1) is 16.1. The molecule has 0 saturated heterocycles. The van der Waals surface area contributed by atoms with Crippen molar-refractivity contribution in [2.45, 2.75) is 20.1 Å². The lowest BCUT2D eigenvalue weighted by Crippen LogP contribution is -2.25. The van der Waals surface area contributed by atoms with Crippen molar-refractivity contribution in [2.75, 3.05) is 19.8 Å². The third-order valence-electron chi connectivity index (χ3n) is 2.40. The van der Waals surface area contributed by atoms with Crippen LogP contribution in [-0.2, 0) is 9.47 Å². The summed E-state index contributed by atoms with van der Waals surface area (Å²) in [5.74, 6) is 0.0741. The molecular formula is C13H17NO6. The average molecular weight is 283 g/mol. The molecule has 0 N–H and O–H groups in total. The summed E-state index contributed by atoms with van der Waals surface area (Å²) in [4.78, 5) is 21.0. The van der Waals surface area contributed by atoms with Crippen molar-refractivity contribution in [1.29, 1.82) is 0 Å². The molecule has 0 unspecified atom stereocenters. The Kier molecular flexibility index (Phi) is 6.61. The Morgan fingerprint density at radius 2 is 1.95 bits per heavy atom. The molecule has 0 aliphatic rings. The Labute approximate surface area is 116 Å². The minimum atomic E-state index is -0.599. The van der Waals surface area contributed by atoms with Crippen LogP contribution in [-0.4, -0.2) is 37.3 Å². The van der Waals surface area contributed by atoms with Crippen LogP contribution in [0.25, 0.3) is 0 Å². The quantitative estimate of drug-likeness (QED) is 0.299. The zero-order valence-corrected chi connectivity index (χ0v) is 11.4. The Bertz CT molecular complexity index is 456. The smallest absolute Gasteiger partial charge is 0.311 e. The fraction of sp³-hybridized carbons (Fsp3) is 0.462. The Morgan fingerprint density at radius 1 is 1.30 bits per heavy atom. The summed E-state index contributed by atoms with van der Waals surface area (Å²) in [6.45, 7) is 4.55. The van der Waals surface area contributed by atoms with E-state index in [0.717, 1.165) is 0 Å². The van der Waals surface area contributed by atoms with Crippen LogP contribution in [0.1, 0.15) is 24.2 Å². The van der Waals surface area contributed by atoms with E-state index in [1.165, 1.54) is 18.2 Å². The number of ether oxygens (including phenoxy) is 3. The molecule has 20 heavy (non-hydrogen) atoms. The molecule has 0 fully saturated rings. The molecule has 0 radical (unpaired) electrons. The van der Waals surface area contributed by atoms with Crippen LogP contribution in [0.3, 0.4) is 0 Å². The topological polar surface area (TPSA) is 87.9 Å². The average Bonchev–Trinajstić information content (AvgIpc) is 2.45. The maximum absolute atomic E-state index is 10.9. The van der Waals surface area contributed by atoms with Gasteiger partial charge in [0.2, 0.25) is 0 Å². The van der Waals surface area contributed by atoms with E-state index in [4.69, 9.17) is 14.2 Å². The summed E-state index contributed by atoms with van der Waals surface area (Å²) in [5.41, 5.74) is -0.0448. The predicted molar refractivity (Wildman–Crippen MR) is 71.0 cm³/mol. The van der Waals surface area contributed by atoms with Gasteiger partial charge in [-0.05, 0) is 26.0 Å². The predicted octanol–water partition coefficient (Wildman–Crippen LogP) is 2.19. The van der Waals surface area contributed by atoms with Gasteiger partial charge in [-0.3, -0.25) is 14.9 Å². The number of benzene rings is 1. The zero-order valence-electron chi connectivity index (χ0n) is 11.4. The maximum atomic E-state index is 10.9. The molecule has 0 saturated carbocycles. The number of aldehydes is 1. The second-order valence-corrected chi connectivity index (χ2v) is 3.75. The van der Waals surface area contributed by atoms with Gasteiger partial charge in [0.1, 0.15) is 12.9 Å². The molecule has 0 amide bonds. The molecule has 0 aliphatic carbocycles. The number of nitrogens with zero attached hydrogens (tertiary/aromatic N) is 1. The monoisotopic (exact) mass is 283 g/mol. The molecular weight excluding hydrogens is 266 g/mol. The third kappa shape index (κ3) is 4.60. The molecule has 1 aromatic rings. The number of rotatable bonds is 9. The van der Waals surface area contributed by atoms with Crippen LogP contribution in [0.4, 0.5) is 5.69 Å². The van der Waals surface area contributed by atoms with Crippen LogP contribution >= 0.6 is 0 Å². The molecule has 0 aliphatic heterocycles. The van der Waals surface area contributed by atoms with Crippen molar-refractivity contribution in [1.82, 2.24) is 0 Å². The second-order valence-electron chi connectivity index (χ2n) is 3.75. The van der Waals surface area contributed by atoms with Gasteiger partial charge in [0.05, 0.1) is 4.92 Å². The van der Waals surface area contributed by atoms with E-state index >= 15 is 0 Å². The van der Waals surface area contributed by atoms with Crippen molar-refractivity contribution < 1.29 is 23.9 Å². The molecule has 1 aromatic carbocycles. The lowest BCUT2D eigenvalue weighted by molar-refractivity contribution is -0.386. The molecule has 7 nitrogen and oxygen atoms in total. The van der Waals surface area contributed by atoms with Gasteiger partial charge in [-0.25, -0.2) is 0 Å². The highest BCUT2D eigenvalue weighted by Gasteiger charge is 2.18. The first-order valence-corrected chi connectivity index (χ1v) is 6.22. The Hall–Kier alpha value is -1.99. The highest BCUT2D eigenvalue weighted by Crippen LogP contribution is 2.27. The van der Waals surface area contributed by atoms with Gasteiger partial charge in [0, 0.05) is 24.8 Å². The van der Waals surface area contributed by atoms with E-state index < -0.39 is 11.2 Å². The normalized spacial score (nSPS) is 10.6. The van der Waals surface area contributed by atoms with Crippen molar-refractivity contribution in [3.05, 3.63) is 33.9 Å². The number of hydrogen-bond acceptors (Lipinski definition) is 6. The number of hydrogen-bond donors (Lipinski definition) is 0. The molecule has 1 rings (SSSR count). The first-order chi connectivity index (χ1) is 9.62. The van der Waals surface area contributed by atoms with Gasteiger partial charge < -0.3 is 14.2 Å². The Morgan fingerprint density at radius 3 is 2.45 bits per heavy atom. The van der Waals surface area contributed by atoms with Crippen LogP contribution in [0.5, 0.6) is 5.75 Å². The SMILES string of the molecule is CCOC(COc1ccc(C=O)cc1[N+](=O)[O-])OCC. The van der Waals surface area contributed by atoms with Crippen LogP contribution in [0, 0.1) is 10.1 Å². The fourth-order valence-corrected chi connectivity index (χ4v) is 1.55. The number of carbonyl (C=O) groups excluding carboxylic acids is 1. The summed E-state index contributed by atoms with van der Waals surface area (Å²) in [7, 11) is 0. The minimum Gasteiger partial charge on any atom is -0.481 e. The lowest BCUT2D eigenvalue weighted by atomic mass is 10.2. The van der Waals surface area contributed by atoms with Crippen molar-refractivity contribution in [2.24, 2.45) is 0 Å². The van der Waals surface area contributed by atoms with Crippen LogP contribution < -0.4 is 4.74 Å². The minimum absolute atomic E-state index is 0.0307. The zero-order chi connectivity index (χ0) is 15.0. The van der Waals surface area contributed by atoms with Gasteiger partial charge in [-0.1, -0.05) is 0 Å². The van der Waals surface area contributed by atoms with Gasteiger partial charge in [-0.2, -0.15) is 0 Å². The molecule has 0 heterocycles. The van der Waals surface area contributed by atoms with Crippen molar-refractivity contribution >= 4 is 12.0 Å². The molecule has 110 valence electrons. The van der Waals surface area contributed by atoms with Crippen LogP contribution in [0.2, 0.25) is 0 Å². The summed E-state index contributed by atoms with van der Waals surface area (Å²) < 4.78 is 15.9. The van der Waals surface area contributed by atoms with E-state index in [1.54, 1.807) is 0 Å². The fourth-order valence-electron chi connectivity index (χ4n) is 1.55. The lowest BCUT2D eigenvalue weighted by Gasteiger charge is -2.17. The highest BCUT2D eigenvalue weighted by atomic mass is 16.7. The molecule has 7 heteroatoms. The van der Waals surface area contributed by atoms with Gasteiger partial charge in [-0.15, -0.1) is 0 Å². The van der Waals surface area contributed by atoms with Crippen molar-refractivity contribution in [3.63, 3.8) is 0 Å². The van der Waals surface area contributed by atoms with E-state index in [9.17, 15) is 14.9 Å². The molecule has 0 aromatic heterocycles. The third-order valence-corrected chi connectivity index (χ3v) is 2.40. The van der Waals surface area contributed by atoms with E-state index in [2.05, 4.69) is 0 Å². The van der Waals surface area contributed by atoms with Gasteiger partial charge >= 0.3 is 5.69 Å². The van der Waals surface area contributed by atoms with E-state index in [0.29, 0.717) is 19.5 Å². The standard InChI is InChI=1S/C13H17NO6/c1-3-18-13(19-4-2)9-20-12-6-5-10(8-15)7-11(12)14(16)17/h5-8,13H,3-4,9H2,1-2H3. The van der Waals surface area contributed by atoms with Crippen LogP contribution in [0.15, 0.2) is 18.2 Å². The first-order valence-electron chi connectivity index (χ1n) is 6.22.